The average molecular weight is 489 g/mol. The van der Waals surface area contributed by atoms with Crippen LogP contribution in [0.2, 0.25) is 0 Å². The first-order valence-electron chi connectivity index (χ1n) is 12.3. The first kappa shape index (κ1) is 24.1. The Morgan fingerprint density at radius 1 is 0.892 bits per heavy atom. The topological polar surface area (TPSA) is 58.6 Å². The minimum Gasteiger partial charge on any atom is -0.449 e. The average Bonchev–Trinajstić information content (AvgIpc) is 2.93. The summed E-state index contributed by atoms with van der Waals surface area (Å²) in [6.45, 7) is 4.44. The molecule has 0 saturated heterocycles. The highest BCUT2D eigenvalue weighted by Crippen LogP contribution is 2.36. The predicted molar refractivity (Wildman–Crippen MR) is 146 cm³/mol. The van der Waals surface area contributed by atoms with Crippen molar-refractivity contribution in [3.63, 3.8) is 0 Å². The lowest BCUT2D eigenvalue weighted by Crippen LogP contribution is -2.36. The Bertz CT molecular complexity index is 1440. The third-order valence-electron chi connectivity index (χ3n) is 6.41. The van der Waals surface area contributed by atoms with E-state index in [1.54, 1.807) is 23.1 Å². The normalized spacial score (nSPS) is 14.6. The van der Waals surface area contributed by atoms with E-state index in [-0.39, 0.29) is 23.6 Å². The van der Waals surface area contributed by atoms with Crippen LogP contribution in [0.3, 0.4) is 0 Å². The minimum atomic E-state index is -0.210. The molecule has 0 spiro atoms. The van der Waals surface area contributed by atoms with Crippen molar-refractivity contribution in [3.8, 4) is 5.75 Å². The zero-order valence-electron chi connectivity index (χ0n) is 20.8. The Hall–Kier alpha value is -4.64. The summed E-state index contributed by atoms with van der Waals surface area (Å²) in [4.78, 5) is 27.9. The Morgan fingerprint density at radius 2 is 1.57 bits per heavy atom. The summed E-state index contributed by atoms with van der Waals surface area (Å²) in [5.74, 6) is 0.503. The molecular formula is C32H28N2O3. The van der Waals surface area contributed by atoms with E-state index in [4.69, 9.17) is 4.74 Å². The van der Waals surface area contributed by atoms with E-state index >= 15 is 0 Å². The smallest absolute Gasteiger partial charge is 0.294 e. The summed E-state index contributed by atoms with van der Waals surface area (Å²) in [5.41, 5.74) is 5.31. The molecule has 0 saturated carbocycles. The molecule has 0 aliphatic carbocycles. The molecule has 0 unspecified atom stereocenters. The quantitative estimate of drug-likeness (QED) is 0.317. The van der Waals surface area contributed by atoms with Gasteiger partial charge < -0.3 is 10.1 Å². The molecule has 0 fully saturated rings. The molecule has 37 heavy (non-hydrogen) atoms. The van der Waals surface area contributed by atoms with Crippen LogP contribution in [-0.2, 0) is 11.3 Å². The van der Waals surface area contributed by atoms with Crippen molar-refractivity contribution < 1.29 is 14.3 Å². The van der Waals surface area contributed by atoms with E-state index in [9.17, 15) is 9.59 Å². The van der Waals surface area contributed by atoms with Crippen LogP contribution >= 0.6 is 0 Å². The molecule has 5 heteroatoms. The molecule has 4 aromatic carbocycles. The molecule has 2 amide bonds. The SMILES string of the molecule is Cc1ccc(CN2C(=O)/C(=C\c3ccc(C(=O)N[C@@H](C)c4ccccc4)cc3)Oc3ccccc32)cc1. The molecule has 0 radical (unpaired) electrons. The highest BCUT2D eigenvalue weighted by Gasteiger charge is 2.30. The molecule has 0 bridgehead atoms. The van der Waals surface area contributed by atoms with Gasteiger partial charge in [-0.05, 0) is 60.9 Å². The van der Waals surface area contributed by atoms with Gasteiger partial charge in [-0.15, -0.1) is 0 Å². The second-order valence-electron chi connectivity index (χ2n) is 9.18. The van der Waals surface area contributed by atoms with Crippen molar-refractivity contribution >= 4 is 23.6 Å². The lowest BCUT2D eigenvalue weighted by Gasteiger charge is -2.30. The van der Waals surface area contributed by atoms with Crippen molar-refractivity contribution in [3.05, 3.63) is 137 Å². The monoisotopic (exact) mass is 488 g/mol. The number of hydrogen-bond donors (Lipinski definition) is 1. The number of para-hydroxylation sites is 2. The van der Waals surface area contributed by atoms with Crippen LogP contribution < -0.4 is 15.0 Å². The summed E-state index contributed by atoms with van der Waals surface area (Å²) >= 11 is 0. The molecule has 1 N–H and O–H groups in total. The van der Waals surface area contributed by atoms with Gasteiger partial charge in [0.05, 0.1) is 18.3 Å². The fourth-order valence-corrected chi connectivity index (χ4v) is 4.28. The van der Waals surface area contributed by atoms with Gasteiger partial charge in [-0.1, -0.05) is 84.4 Å². The van der Waals surface area contributed by atoms with Gasteiger partial charge in [0.25, 0.3) is 11.8 Å². The zero-order chi connectivity index (χ0) is 25.8. The number of nitrogens with one attached hydrogen (secondary N) is 1. The maximum atomic E-state index is 13.5. The van der Waals surface area contributed by atoms with Gasteiger partial charge in [0, 0.05) is 5.56 Å². The van der Waals surface area contributed by atoms with Crippen LogP contribution in [0, 0.1) is 6.92 Å². The van der Waals surface area contributed by atoms with Crippen LogP contribution in [0.15, 0.2) is 109 Å². The molecule has 5 rings (SSSR count). The molecule has 5 nitrogen and oxygen atoms in total. The second-order valence-corrected chi connectivity index (χ2v) is 9.18. The van der Waals surface area contributed by atoms with Gasteiger partial charge in [-0.2, -0.15) is 0 Å². The number of carbonyl (C=O) groups excluding carboxylic acids is 2. The van der Waals surface area contributed by atoms with E-state index < -0.39 is 0 Å². The lowest BCUT2D eigenvalue weighted by molar-refractivity contribution is -0.117. The first-order valence-corrected chi connectivity index (χ1v) is 12.3. The number of benzene rings is 4. The van der Waals surface area contributed by atoms with Crippen molar-refractivity contribution in [2.75, 3.05) is 4.90 Å². The maximum Gasteiger partial charge on any atom is 0.294 e. The van der Waals surface area contributed by atoms with Gasteiger partial charge in [0.2, 0.25) is 0 Å². The molecule has 1 aliphatic rings. The molecular weight excluding hydrogens is 460 g/mol. The number of aryl methyl sites for hydroxylation is 1. The molecule has 184 valence electrons. The zero-order valence-corrected chi connectivity index (χ0v) is 20.8. The molecule has 1 heterocycles. The van der Waals surface area contributed by atoms with E-state index in [0.717, 1.165) is 22.4 Å². The van der Waals surface area contributed by atoms with Crippen LogP contribution in [-0.4, -0.2) is 11.8 Å². The fraction of sp³-hybridized carbons (Fsp3) is 0.125. The third-order valence-corrected chi connectivity index (χ3v) is 6.41. The number of anilines is 1. The summed E-state index contributed by atoms with van der Waals surface area (Å²) in [6, 6.07) is 32.6. The van der Waals surface area contributed by atoms with E-state index in [1.807, 2.05) is 105 Å². The van der Waals surface area contributed by atoms with Crippen molar-refractivity contribution in [1.29, 1.82) is 0 Å². The standard InChI is InChI=1S/C32H28N2O3/c1-22-12-14-25(15-13-22)21-34-28-10-6-7-11-29(28)37-30(32(34)36)20-24-16-18-27(19-17-24)31(35)33-23(2)26-8-4-3-5-9-26/h3-20,23H,21H2,1-2H3,(H,33,35)/b30-20+/t23-/m0/s1. The number of ether oxygens (including phenoxy) is 1. The second kappa shape index (κ2) is 10.5. The van der Waals surface area contributed by atoms with E-state index in [0.29, 0.717) is 17.9 Å². The maximum absolute atomic E-state index is 13.5. The van der Waals surface area contributed by atoms with Crippen molar-refractivity contribution in [1.82, 2.24) is 5.32 Å². The van der Waals surface area contributed by atoms with Crippen LogP contribution in [0.1, 0.15) is 45.6 Å². The Kier molecular flexibility index (Phi) is 6.86. The largest absolute Gasteiger partial charge is 0.449 e. The molecule has 1 aliphatic heterocycles. The fourth-order valence-electron chi connectivity index (χ4n) is 4.28. The Balaban J connectivity index is 1.35. The number of hydrogen-bond acceptors (Lipinski definition) is 3. The number of carbonyl (C=O) groups is 2. The summed E-state index contributed by atoms with van der Waals surface area (Å²) in [7, 11) is 0. The molecule has 1 atom stereocenters. The van der Waals surface area contributed by atoms with Gasteiger partial charge >= 0.3 is 0 Å². The highest BCUT2D eigenvalue weighted by molar-refractivity contribution is 6.09. The van der Waals surface area contributed by atoms with Crippen LogP contribution in [0.4, 0.5) is 5.69 Å². The summed E-state index contributed by atoms with van der Waals surface area (Å²) in [6.07, 6.45) is 1.72. The van der Waals surface area contributed by atoms with E-state index in [2.05, 4.69) is 5.32 Å². The molecule has 4 aromatic rings. The minimum absolute atomic E-state index is 0.108. The van der Waals surface area contributed by atoms with Crippen molar-refractivity contribution in [2.45, 2.75) is 26.4 Å². The van der Waals surface area contributed by atoms with Crippen LogP contribution in [0.25, 0.3) is 6.08 Å². The van der Waals surface area contributed by atoms with Crippen molar-refractivity contribution in [2.24, 2.45) is 0 Å². The predicted octanol–water partition coefficient (Wildman–Crippen LogP) is 6.45. The number of rotatable bonds is 6. The van der Waals surface area contributed by atoms with Gasteiger partial charge in [0.1, 0.15) is 0 Å². The van der Waals surface area contributed by atoms with E-state index in [1.165, 1.54) is 5.56 Å². The van der Waals surface area contributed by atoms with Gasteiger partial charge in [-0.3, -0.25) is 14.5 Å². The number of nitrogens with zero attached hydrogens (tertiary/aromatic N) is 1. The summed E-state index contributed by atoms with van der Waals surface area (Å²) < 4.78 is 6.01. The number of fused-ring (bicyclic) bond motifs is 1. The first-order chi connectivity index (χ1) is 18.0. The highest BCUT2D eigenvalue weighted by atomic mass is 16.5. The van der Waals surface area contributed by atoms with Gasteiger partial charge in [0.15, 0.2) is 11.5 Å². The number of amides is 2. The Labute approximate surface area is 217 Å². The third kappa shape index (κ3) is 5.46. The van der Waals surface area contributed by atoms with Gasteiger partial charge in [-0.25, -0.2) is 0 Å². The Morgan fingerprint density at radius 3 is 2.30 bits per heavy atom. The summed E-state index contributed by atoms with van der Waals surface area (Å²) in [5, 5.41) is 3.02. The van der Waals surface area contributed by atoms with Crippen LogP contribution in [0.5, 0.6) is 5.75 Å². The molecule has 0 aromatic heterocycles. The lowest BCUT2D eigenvalue weighted by atomic mass is 10.1.